The van der Waals surface area contributed by atoms with Crippen molar-refractivity contribution in [1.82, 2.24) is 15.0 Å². The van der Waals surface area contributed by atoms with E-state index >= 15 is 0 Å². The van der Waals surface area contributed by atoms with Gasteiger partial charge in [0.25, 0.3) is 0 Å². The predicted octanol–water partition coefficient (Wildman–Crippen LogP) is 4.34. The molecule has 0 saturated carbocycles. The molecule has 0 fully saturated rings. The number of pyridine rings is 1. The van der Waals surface area contributed by atoms with Crippen LogP contribution in [0.1, 0.15) is 39.2 Å². The van der Waals surface area contributed by atoms with Gasteiger partial charge in [0.05, 0.1) is 5.39 Å². The summed E-state index contributed by atoms with van der Waals surface area (Å²) in [6, 6.07) is 11.2. The highest BCUT2D eigenvalue weighted by molar-refractivity contribution is 7.19. The van der Waals surface area contributed by atoms with Crippen LogP contribution in [0.2, 0.25) is 0 Å². The summed E-state index contributed by atoms with van der Waals surface area (Å²) < 4.78 is 0. The molecule has 3 aromatic heterocycles. The minimum absolute atomic E-state index is 0.418. The average Bonchev–Trinajstić information content (AvgIpc) is 3.17. The molecule has 150 valence electrons. The molecule has 1 aliphatic rings. The molecule has 0 saturated heterocycles. The molecule has 1 amide bonds. The molecule has 30 heavy (non-hydrogen) atoms. The second kappa shape index (κ2) is 7.84. The Kier molecular flexibility index (Phi) is 4.88. The van der Waals surface area contributed by atoms with Crippen molar-refractivity contribution in [2.45, 2.75) is 32.2 Å². The van der Waals surface area contributed by atoms with Gasteiger partial charge in [0.1, 0.15) is 10.6 Å². The number of hydrogen-bond donors (Lipinski definition) is 2. The Bertz CT molecular complexity index is 1220. The van der Waals surface area contributed by atoms with Crippen LogP contribution in [-0.4, -0.2) is 20.9 Å². The molecule has 0 atom stereocenters. The summed E-state index contributed by atoms with van der Waals surface area (Å²) >= 11 is 1.79. The number of rotatable bonds is 5. The van der Waals surface area contributed by atoms with E-state index in [0.717, 1.165) is 40.0 Å². The lowest BCUT2D eigenvalue weighted by atomic mass is 9.97. The van der Waals surface area contributed by atoms with Crippen molar-refractivity contribution in [2.24, 2.45) is 5.73 Å². The fourth-order valence-corrected chi connectivity index (χ4v) is 5.14. The van der Waals surface area contributed by atoms with E-state index in [1.165, 1.54) is 23.3 Å². The number of thiophene rings is 1. The third kappa shape index (κ3) is 3.52. The molecule has 3 N–H and O–H groups in total. The lowest BCUT2D eigenvalue weighted by molar-refractivity contribution is 0.100. The number of fused-ring (bicyclic) bond motifs is 3. The van der Waals surface area contributed by atoms with Crippen molar-refractivity contribution < 1.29 is 4.79 Å². The number of nitrogens with two attached hydrogens (primary N) is 1. The van der Waals surface area contributed by atoms with Gasteiger partial charge in [-0.25, -0.2) is 9.97 Å². The molecule has 5 rings (SSSR count). The molecular formula is C23H21N5OS. The lowest BCUT2D eigenvalue weighted by Crippen LogP contribution is -2.11. The summed E-state index contributed by atoms with van der Waals surface area (Å²) in [4.78, 5) is 27.7. The predicted molar refractivity (Wildman–Crippen MR) is 120 cm³/mol. The van der Waals surface area contributed by atoms with Gasteiger partial charge in [-0.2, -0.15) is 0 Å². The number of aromatic nitrogens is 3. The fourth-order valence-electron chi connectivity index (χ4n) is 3.88. The monoisotopic (exact) mass is 415 g/mol. The standard InChI is InChI=1S/C23H21N5OS/c24-20(29)15-9-7-14(8-10-15)12-26-22-19-17-5-1-2-6-18(17)30-23(19)28-21(27-22)16-4-3-11-25-13-16/h3-4,7-11,13H,1-2,5-6,12H2,(H2,24,29)(H,26,27,28). The van der Waals surface area contributed by atoms with Crippen LogP contribution in [0.25, 0.3) is 21.6 Å². The number of nitrogens with one attached hydrogen (secondary N) is 1. The Balaban J connectivity index is 1.54. The lowest BCUT2D eigenvalue weighted by Gasteiger charge is -2.13. The summed E-state index contributed by atoms with van der Waals surface area (Å²) in [5.74, 6) is 1.12. The molecule has 0 spiro atoms. The third-order valence-electron chi connectivity index (χ3n) is 5.43. The normalized spacial score (nSPS) is 13.2. The van der Waals surface area contributed by atoms with Gasteiger partial charge in [-0.05, 0) is 61.1 Å². The minimum Gasteiger partial charge on any atom is -0.366 e. The highest BCUT2D eigenvalue weighted by Crippen LogP contribution is 2.39. The van der Waals surface area contributed by atoms with Gasteiger partial charge in [0, 0.05) is 34.9 Å². The minimum atomic E-state index is -0.418. The van der Waals surface area contributed by atoms with Gasteiger partial charge < -0.3 is 11.1 Å². The Hall–Kier alpha value is -3.32. The molecule has 0 aliphatic heterocycles. The number of anilines is 1. The first-order chi connectivity index (χ1) is 14.7. The van der Waals surface area contributed by atoms with Crippen molar-refractivity contribution in [3.05, 3.63) is 70.4 Å². The highest BCUT2D eigenvalue weighted by Gasteiger charge is 2.21. The largest absolute Gasteiger partial charge is 0.366 e. The smallest absolute Gasteiger partial charge is 0.248 e. The average molecular weight is 416 g/mol. The van der Waals surface area contributed by atoms with Gasteiger partial charge in [-0.1, -0.05) is 12.1 Å². The number of aryl methyl sites for hydroxylation is 2. The third-order valence-corrected chi connectivity index (χ3v) is 6.62. The Morgan fingerprint density at radius 2 is 1.93 bits per heavy atom. The second-order valence-corrected chi connectivity index (χ2v) is 8.53. The molecule has 6 nitrogen and oxygen atoms in total. The van der Waals surface area contributed by atoms with Crippen LogP contribution in [0.3, 0.4) is 0 Å². The number of amides is 1. The van der Waals surface area contributed by atoms with Crippen molar-refractivity contribution in [1.29, 1.82) is 0 Å². The van der Waals surface area contributed by atoms with Gasteiger partial charge in [0.2, 0.25) is 5.91 Å². The summed E-state index contributed by atoms with van der Waals surface area (Å²) in [6.07, 6.45) is 8.18. The van der Waals surface area contributed by atoms with Crippen LogP contribution in [0.4, 0.5) is 5.82 Å². The van der Waals surface area contributed by atoms with Crippen LogP contribution in [0.15, 0.2) is 48.8 Å². The van der Waals surface area contributed by atoms with E-state index in [0.29, 0.717) is 17.9 Å². The number of benzene rings is 1. The first-order valence-electron chi connectivity index (χ1n) is 10.0. The zero-order valence-corrected chi connectivity index (χ0v) is 17.2. The van der Waals surface area contributed by atoms with E-state index in [1.807, 2.05) is 24.3 Å². The molecule has 1 aliphatic carbocycles. The van der Waals surface area contributed by atoms with Crippen LogP contribution in [-0.2, 0) is 19.4 Å². The molecule has 3 heterocycles. The zero-order chi connectivity index (χ0) is 20.5. The van der Waals surface area contributed by atoms with E-state index in [9.17, 15) is 4.79 Å². The first kappa shape index (κ1) is 18.7. The Morgan fingerprint density at radius 1 is 1.10 bits per heavy atom. The van der Waals surface area contributed by atoms with Crippen LogP contribution < -0.4 is 11.1 Å². The van der Waals surface area contributed by atoms with E-state index in [-0.39, 0.29) is 0 Å². The summed E-state index contributed by atoms with van der Waals surface area (Å²) in [7, 11) is 0. The number of carbonyl (C=O) groups excluding carboxylic acids is 1. The molecule has 0 unspecified atom stereocenters. The summed E-state index contributed by atoms with van der Waals surface area (Å²) in [5.41, 5.74) is 9.20. The van der Waals surface area contributed by atoms with Gasteiger partial charge in [-0.15, -0.1) is 11.3 Å². The molecular weight excluding hydrogens is 394 g/mol. The maximum Gasteiger partial charge on any atom is 0.248 e. The van der Waals surface area contributed by atoms with Crippen LogP contribution in [0, 0.1) is 0 Å². The number of carbonyl (C=O) groups is 1. The summed E-state index contributed by atoms with van der Waals surface area (Å²) in [6.45, 7) is 0.599. The molecule has 4 aromatic rings. The maximum absolute atomic E-state index is 11.3. The van der Waals surface area contributed by atoms with Gasteiger partial charge in [-0.3, -0.25) is 9.78 Å². The molecule has 7 heteroatoms. The number of hydrogen-bond acceptors (Lipinski definition) is 6. The second-order valence-electron chi connectivity index (χ2n) is 7.44. The topological polar surface area (TPSA) is 93.8 Å². The van der Waals surface area contributed by atoms with Crippen molar-refractivity contribution in [3.8, 4) is 11.4 Å². The SMILES string of the molecule is NC(=O)c1ccc(CNc2nc(-c3cccnc3)nc3sc4c(c23)CCCC4)cc1. The van der Waals surface area contributed by atoms with Gasteiger partial charge in [0.15, 0.2) is 5.82 Å². The van der Waals surface area contributed by atoms with Crippen LogP contribution >= 0.6 is 11.3 Å². The number of primary amides is 1. The van der Waals surface area contributed by atoms with Crippen molar-refractivity contribution in [2.75, 3.05) is 5.32 Å². The fraction of sp³-hybridized carbons (Fsp3) is 0.217. The maximum atomic E-state index is 11.3. The zero-order valence-electron chi connectivity index (χ0n) is 16.4. The molecule has 0 bridgehead atoms. The summed E-state index contributed by atoms with van der Waals surface area (Å²) in [5, 5.41) is 4.67. The number of nitrogens with zero attached hydrogens (tertiary/aromatic N) is 3. The molecule has 1 aromatic carbocycles. The van der Waals surface area contributed by atoms with Gasteiger partial charge >= 0.3 is 0 Å². The highest BCUT2D eigenvalue weighted by atomic mass is 32.1. The van der Waals surface area contributed by atoms with Crippen molar-refractivity contribution >= 4 is 33.3 Å². The Labute approximate surface area is 178 Å². The van der Waals surface area contributed by atoms with E-state index in [2.05, 4.69) is 10.3 Å². The van der Waals surface area contributed by atoms with E-state index in [4.69, 9.17) is 15.7 Å². The first-order valence-corrected chi connectivity index (χ1v) is 10.9. The van der Waals surface area contributed by atoms with E-state index in [1.54, 1.807) is 35.9 Å². The van der Waals surface area contributed by atoms with Crippen LogP contribution in [0.5, 0.6) is 0 Å². The Morgan fingerprint density at radius 3 is 2.70 bits per heavy atom. The molecule has 0 radical (unpaired) electrons. The quantitative estimate of drug-likeness (QED) is 0.506. The van der Waals surface area contributed by atoms with E-state index < -0.39 is 5.91 Å². The van der Waals surface area contributed by atoms with Crippen molar-refractivity contribution in [3.63, 3.8) is 0 Å².